The molecule has 0 radical (unpaired) electrons. The second kappa shape index (κ2) is 6.65. The number of aryl methyl sites for hydroxylation is 1. The highest BCUT2D eigenvalue weighted by molar-refractivity contribution is 5.80. The van der Waals surface area contributed by atoms with Gasteiger partial charge in [0, 0.05) is 37.6 Å². The Morgan fingerprint density at radius 3 is 2.75 bits per heavy atom. The Morgan fingerprint density at radius 2 is 2.10 bits per heavy atom. The zero-order valence-electron chi connectivity index (χ0n) is 12.4. The third-order valence-electron chi connectivity index (χ3n) is 3.33. The summed E-state index contributed by atoms with van der Waals surface area (Å²) in [6.07, 6.45) is 0. The fraction of sp³-hybridized carbons (Fsp3) is 0.643. The SMILES string of the molecule is Cc1cc(C(C)C)nc(NCC(=O)N2CCNCC2)n1. The van der Waals surface area contributed by atoms with Crippen molar-refractivity contribution in [3.63, 3.8) is 0 Å². The molecule has 1 amide bonds. The first-order valence-corrected chi connectivity index (χ1v) is 7.14. The van der Waals surface area contributed by atoms with E-state index in [0.717, 1.165) is 37.6 Å². The zero-order valence-corrected chi connectivity index (χ0v) is 12.4. The third kappa shape index (κ3) is 3.90. The topological polar surface area (TPSA) is 70.2 Å². The van der Waals surface area contributed by atoms with E-state index in [9.17, 15) is 4.79 Å². The molecule has 20 heavy (non-hydrogen) atoms. The molecule has 0 aromatic carbocycles. The number of rotatable bonds is 4. The maximum atomic E-state index is 12.1. The number of hydrogen-bond donors (Lipinski definition) is 2. The molecule has 1 aromatic heterocycles. The summed E-state index contributed by atoms with van der Waals surface area (Å²) < 4.78 is 0. The fourth-order valence-corrected chi connectivity index (χ4v) is 2.15. The molecule has 0 aliphatic carbocycles. The van der Waals surface area contributed by atoms with Gasteiger partial charge in [0.25, 0.3) is 0 Å². The van der Waals surface area contributed by atoms with Crippen LogP contribution in [0.2, 0.25) is 0 Å². The quantitative estimate of drug-likeness (QED) is 0.850. The van der Waals surface area contributed by atoms with Crippen molar-refractivity contribution in [2.24, 2.45) is 0 Å². The molecule has 1 saturated heterocycles. The van der Waals surface area contributed by atoms with Crippen LogP contribution in [-0.2, 0) is 4.79 Å². The van der Waals surface area contributed by atoms with Crippen molar-refractivity contribution < 1.29 is 4.79 Å². The van der Waals surface area contributed by atoms with Gasteiger partial charge < -0.3 is 15.5 Å². The van der Waals surface area contributed by atoms with E-state index in [1.54, 1.807) is 0 Å². The van der Waals surface area contributed by atoms with E-state index in [2.05, 4.69) is 34.4 Å². The van der Waals surface area contributed by atoms with E-state index in [-0.39, 0.29) is 12.5 Å². The maximum Gasteiger partial charge on any atom is 0.242 e. The summed E-state index contributed by atoms with van der Waals surface area (Å²) in [6, 6.07) is 1.98. The second-order valence-corrected chi connectivity index (χ2v) is 5.40. The first kappa shape index (κ1) is 14.7. The molecule has 1 fully saturated rings. The normalized spacial score (nSPS) is 15.5. The van der Waals surface area contributed by atoms with Crippen LogP contribution < -0.4 is 10.6 Å². The molecular formula is C14H23N5O. The fourth-order valence-electron chi connectivity index (χ4n) is 2.15. The van der Waals surface area contributed by atoms with Gasteiger partial charge in [0.15, 0.2) is 0 Å². The third-order valence-corrected chi connectivity index (χ3v) is 3.33. The summed E-state index contributed by atoms with van der Waals surface area (Å²) in [4.78, 5) is 22.7. The predicted molar refractivity (Wildman–Crippen MR) is 78.8 cm³/mol. The van der Waals surface area contributed by atoms with Gasteiger partial charge in [0.2, 0.25) is 11.9 Å². The molecule has 0 unspecified atom stereocenters. The summed E-state index contributed by atoms with van der Waals surface area (Å²) in [5.41, 5.74) is 1.91. The molecule has 0 bridgehead atoms. The number of nitrogens with one attached hydrogen (secondary N) is 2. The predicted octanol–water partition coefficient (Wildman–Crippen LogP) is 0.752. The summed E-state index contributed by atoms with van der Waals surface area (Å²) in [7, 11) is 0. The highest BCUT2D eigenvalue weighted by atomic mass is 16.2. The van der Waals surface area contributed by atoms with Crippen molar-refractivity contribution in [2.45, 2.75) is 26.7 Å². The Morgan fingerprint density at radius 1 is 1.40 bits per heavy atom. The molecule has 0 spiro atoms. The van der Waals surface area contributed by atoms with Gasteiger partial charge in [-0.1, -0.05) is 13.8 Å². The standard InChI is InChI=1S/C14H23N5O/c1-10(2)12-8-11(3)17-14(18-12)16-9-13(20)19-6-4-15-5-7-19/h8,10,15H,4-7,9H2,1-3H3,(H,16,17,18). The van der Waals surface area contributed by atoms with Crippen LogP contribution >= 0.6 is 0 Å². The van der Waals surface area contributed by atoms with Crippen LogP contribution in [0.15, 0.2) is 6.07 Å². The van der Waals surface area contributed by atoms with Crippen LogP contribution in [0.1, 0.15) is 31.2 Å². The van der Waals surface area contributed by atoms with E-state index in [0.29, 0.717) is 11.9 Å². The lowest BCUT2D eigenvalue weighted by atomic mass is 10.1. The molecule has 6 heteroatoms. The van der Waals surface area contributed by atoms with Gasteiger partial charge in [0.05, 0.1) is 6.54 Å². The van der Waals surface area contributed by atoms with Crippen molar-refractivity contribution in [1.82, 2.24) is 20.2 Å². The average molecular weight is 277 g/mol. The van der Waals surface area contributed by atoms with Gasteiger partial charge in [-0.25, -0.2) is 9.97 Å². The zero-order chi connectivity index (χ0) is 14.5. The van der Waals surface area contributed by atoms with E-state index < -0.39 is 0 Å². The molecule has 2 heterocycles. The number of nitrogens with zero attached hydrogens (tertiary/aromatic N) is 3. The van der Waals surface area contributed by atoms with E-state index in [1.165, 1.54) is 0 Å². The highest BCUT2D eigenvalue weighted by Gasteiger charge is 2.16. The first-order chi connectivity index (χ1) is 9.56. The lowest BCUT2D eigenvalue weighted by Gasteiger charge is -2.27. The Balaban J connectivity index is 1.94. The first-order valence-electron chi connectivity index (χ1n) is 7.14. The largest absolute Gasteiger partial charge is 0.345 e. The van der Waals surface area contributed by atoms with E-state index >= 15 is 0 Å². The highest BCUT2D eigenvalue weighted by Crippen LogP contribution is 2.14. The molecule has 1 aromatic rings. The minimum absolute atomic E-state index is 0.0997. The van der Waals surface area contributed by atoms with Crippen LogP contribution in [0.3, 0.4) is 0 Å². The minimum Gasteiger partial charge on any atom is -0.345 e. The van der Waals surface area contributed by atoms with Gasteiger partial charge in [-0.3, -0.25) is 4.79 Å². The van der Waals surface area contributed by atoms with Gasteiger partial charge in [-0.2, -0.15) is 0 Å². The van der Waals surface area contributed by atoms with Gasteiger partial charge in [-0.05, 0) is 18.9 Å². The number of piperazine rings is 1. The van der Waals surface area contributed by atoms with Crippen molar-refractivity contribution in [3.05, 3.63) is 17.5 Å². The molecule has 6 nitrogen and oxygen atoms in total. The van der Waals surface area contributed by atoms with E-state index in [4.69, 9.17) is 0 Å². The van der Waals surface area contributed by atoms with Crippen LogP contribution in [0.25, 0.3) is 0 Å². The molecule has 2 N–H and O–H groups in total. The van der Waals surface area contributed by atoms with E-state index in [1.807, 2.05) is 17.9 Å². The van der Waals surface area contributed by atoms with Crippen LogP contribution in [0, 0.1) is 6.92 Å². The Kier molecular flexibility index (Phi) is 4.89. The van der Waals surface area contributed by atoms with Crippen molar-refractivity contribution in [1.29, 1.82) is 0 Å². The Bertz CT molecular complexity index is 469. The summed E-state index contributed by atoms with van der Waals surface area (Å²) in [5, 5.41) is 6.28. The lowest BCUT2D eigenvalue weighted by Crippen LogP contribution is -2.48. The second-order valence-electron chi connectivity index (χ2n) is 5.40. The van der Waals surface area contributed by atoms with Crippen LogP contribution in [-0.4, -0.2) is 53.5 Å². The summed E-state index contributed by atoms with van der Waals surface area (Å²) in [5.74, 6) is 0.987. The van der Waals surface area contributed by atoms with Gasteiger partial charge >= 0.3 is 0 Å². The maximum absolute atomic E-state index is 12.1. The Labute approximate surface area is 120 Å². The number of anilines is 1. The van der Waals surface area contributed by atoms with Crippen molar-refractivity contribution in [2.75, 3.05) is 38.0 Å². The molecule has 110 valence electrons. The van der Waals surface area contributed by atoms with Gasteiger partial charge in [-0.15, -0.1) is 0 Å². The number of carbonyl (C=O) groups is 1. The summed E-state index contributed by atoms with van der Waals surface area (Å²) >= 11 is 0. The van der Waals surface area contributed by atoms with Crippen molar-refractivity contribution in [3.8, 4) is 0 Å². The van der Waals surface area contributed by atoms with Crippen molar-refractivity contribution >= 4 is 11.9 Å². The number of hydrogen-bond acceptors (Lipinski definition) is 5. The Hall–Kier alpha value is -1.69. The molecule has 0 saturated carbocycles. The summed E-state index contributed by atoms with van der Waals surface area (Å²) in [6.45, 7) is 9.65. The molecule has 2 rings (SSSR count). The lowest BCUT2D eigenvalue weighted by molar-refractivity contribution is -0.129. The molecule has 0 atom stereocenters. The number of carbonyl (C=O) groups excluding carboxylic acids is 1. The minimum atomic E-state index is 0.0997. The van der Waals surface area contributed by atoms with Crippen LogP contribution in [0.4, 0.5) is 5.95 Å². The van der Waals surface area contributed by atoms with Gasteiger partial charge in [0.1, 0.15) is 0 Å². The molecule has 1 aliphatic heterocycles. The smallest absolute Gasteiger partial charge is 0.242 e. The molecule has 1 aliphatic rings. The average Bonchev–Trinajstić information content (AvgIpc) is 2.45. The molecular weight excluding hydrogens is 254 g/mol. The monoisotopic (exact) mass is 277 g/mol. The number of amides is 1. The van der Waals surface area contributed by atoms with Crippen LogP contribution in [0.5, 0.6) is 0 Å². The number of aromatic nitrogens is 2.